The van der Waals surface area contributed by atoms with Gasteiger partial charge >= 0.3 is 6.11 Å². The highest BCUT2D eigenvalue weighted by Gasteiger charge is 2.41. The number of alkyl halides is 2. The predicted octanol–water partition coefficient (Wildman–Crippen LogP) is 8.29. The van der Waals surface area contributed by atoms with Crippen LogP contribution in [0.2, 0.25) is 0 Å². The number of hydrogen-bond donors (Lipinski definition) is 0. The van der Waals surface area contributed by atoms with Crippen LogP contribution >= 0.6 is 0 Å². The summed E-state index contributed by atoms with van der Waals surface area (Å²) in [4.78, 5) is 0. The van der Waals surface area contributed by atoms with Gasteiger partial charge in [0.25, 0.3) is 0 Å². The molecule has 0 fully saturated rings. The lowest BCUT2D eigenvalue weighted by Gasteiger charge is -2.19. The van der Waals surface area contributed by atoms with Crippen molar-refractivity contribution in [3.05, 3.63) is 142 Å². The van der Waals surface area contributed by atoms with Crippen molar-refractivity contribution in [1.29, 1.82) is 0 Å². The number of hydrogen-bond acceptors (Lipinski definition) is 2. The standard InChI is InChI=1S/C32H14F10O2/c1-2-9-43-21-15-24(34)22(25(35)16-21)8-4-18-10-26(36)30(27(37)11-18)32(41,42)44-20-7-6-19(23(33)14-20)5-3-17-12-28(38)31(40)29(39)13-17/h2,6-7,10-16H,1,9H2. The molecule has 0 radical (unpaired) electrons. The van der Waals surface area contributed by atoms with Crippen molar-refractivity contribution >= 4 is 0 Å². The molecule has 0 spiro atoms. The van der Waals surface area contributed by atoms with Crippen LogP contribution in [0, 0.1) is 70.2 Å². The first-order valence-electron chi connectivity index (χ1n) is 12.1. The second kappa shape index (κ2) is 12.9. The van der Waals surface area contributed by atoms with Crippen molar-refractivity contribution < 1.29 is 53.4 Å². The summed E-state index contributed by atoms with van der Waals surface area (Å²) < 4.78 is 151. The highest BCUT2D eigenvalue weighted by atomic mass is 19.3. The van der Waals surface area contributed by atoms with Crippen LogP contribution in [-0.4, -0.2) is 6.61 Å². The zero-order chi connectivity index (χ0) is 32.2. The van der Waals surface area contributed by atoms with Gasteiger partial charge < -0.3 is 9.47 Å². The molecule has 44 heavy (non-hydrogen) atoms. The third-order valence-corrected chi connectivity index (χ3v) is 5.56. The lowest BCUT2D eigenvalue weighted by atomic mass is 10.1. The molecule has 0 aliphatic carbocycles. The minimum atomic E-state index is -4.69. The van der Waals surface area contributed by atoms with Gasteiger partial charge in [0, 0.05) is 29.3 Å². The summed E-state index contributed by atoms with van der Waals surface area (Å²) in [6, 6.07) is 5.51. The molecule has 0 aliphatic rings. The van der Waals surface area contributed by atoms with E-state index in [0.29, 0.717) is 30.3 Å². The van der Waals surface area contributed by atoms with Crippen LogP contribution in [0.25, 0.3) is 0 Å². The Morgan fingerprint density at radius 3 is 1.68 bits per heavy atom. The second-order valence-electron chi connectivity index (χ2n) is 8.69. The van der Waals surface area contributed by atoms with Crippen LogP contribution in [0.15, 0.2) is 67.3 Å². The summed E-state index contributed by atoms with van der Waals surface area (Å²) in [7, 11) is 0. The molecular formula is C32H14F10O2. The fraction of sp³-hybridized carbons (Fsp3) is 0.0625. The van der Waals surface area contributed by atoms with Crippen molar-refractivity contribution in [2.24, 2.45) is 0 Å². The Labute approximate surface area is 243 Å². The maximum Gasteiger partial charge on any atom is 0.432 e. The lowest BCUT2D eigenvalue weighted by molar-refractivity contribution is -0.189. The molecule has 4 aromatic rings. The van der Waals surface area contributed by atoms with Crippen LogP contribution in [0.3, 0.4) is 0 Å². The minimum absolute atomic E-state index is 0.0382. The van der Waals surface area contributed by atoms with Crippen LogP contribution in [0.4, 0.5) is 43.9 Å². The first kappa shape index (κ1) is 31.6. The van der Waals surface area contributed by atoms with E-state index in [2.05, 4.69) is 29.1 Å². The van der Waals surface area contributed by atoms with Gasteiger partial charge in [-0.25, -0.2) is 35.1 Å². The van der Waals surface area contributed by atoms with Crippen molar-refractivity contribution in [3.8, 4) is 35.2 Å². The van der Waals surface area contributed by atoms with E-state index in [-0.39, 0.29) is 17.9 Å². The van der Waals surface area contributed by atoms with E-state index in [9.17, 15) is 43.9 Å². The quantitative estimate of drug-likeness (QED) is 0.0935. The topological polar surface area (TPSA) is 18.5 Å². The van der Waals surface area contributed by atoms with Gasteiger partial charge in [-0.2, -0.15) is 8.78 Å². The molecule has 0 amide bonds. The Balaban J connectivity index is 1.55. The van der Waals surface area contributed by atoms with E-state index in [1.165, 1.54) is 6.08 Å². The maximum absolute atomic E-state index is 14.8. The Bertz CT molecular complexity index is 1830. The van der Waals surface area contributed by atoms with Crippen molar-refractivity contribution in [2.75, 3.05) is 6.61 Å². The SMILES string of the molecule is C=CCOc1cc(F)c(C#Cc2cc(F)c(C(F)(F)Oc3ccc(C#Cc4cc(F)c(F)c(F)c4)c(F)c3)c(F)c2)c(F)c1. The van der Waals surface area contributed by atoms with E-state index >= 15 is 0 Å². The maximum atomic E-state index is 14.8. The molecule has 0 atom stereocenters. The number of ether oxygens (including phenoxy) is 2. The summed E-state index contributed by atoms with van der Waals surface area (Å²) in [6.07, 6.45) is -3.36. The molecule has 0 aromatic heterocycles. The molecule has 0 bridgehead atoms. The number of halogens is 10. The normalized spacial score (nSPS) is 10.8. The van der Waals surface area contributed by atoms with Crippen LogP contribution in [-0.2, 0) is 6.11 Å². The summed E-state index contributed by atoms with van der Waals surface area (Å²) in [5, 5.41) is 0. The molecule has 2 nitrogen and oxygen atoms in total. The third-order valence-electron chi connectivity index (χ3n) is 5.56. The zero-order valence-electron chi connectivity index (χ0n) is 21.8. The molecule has 224 valence electrons. The lowest BCUT2D eigenvalue weighted by Crippen LogP contribution is -2.25. The molecule has 12 heteroatoms. The van der Waals surface area contributed by atoms with Gasteiger partial charge in [-0.15, -0.1) is 0 Å². The first-order chi connectivity index (χ1) is 20.8. The first-order valence-corrected chi connectivity index (χ1v) is 12.1. The van der Waals surface area contributed by atoms with Crippen molar-refractivity contribution in [2.45, 2.75) is 6.11 Å². The van der Waals surface area contributed by atoms with Gasteiger partial charge in [0.1, 0.15) is 52.8 Å². The molecule has 0 N–H and O–H groups in total. The van der Waals surface area contributed by atoms with E-state index < -0.39 is 80.6 Å². The summed E-state index contributed by atoms with van der Waals surface area (Å²) in [5.74, 6) is -4.63. The Morgan fingerprint density at radius 2 is 1.14 bits per heavy atom. The highest BCUT2D eigenvalue weighted by Crippen LogP contribution is 2.36. The van der Waals surface area contributed by atoms with Crippen molar-refractivity contribution in [1.82, 2.24) is 0 Å². The van der Waals surface area contributed by atoms with Crippen molar-refractivity contribution in [3.63, 3.8) is 0 Å². The molecule has 0 saturated carbocycles. The molecule has 0 saturated heterocycles. The van der Waals surface area contributed by atoms with Crippen LogP contribution in [0.1, 0.15) is 27.8 Å². The van der Waals surface area contributed by atoms with Crippen LogP contribution in [0.5, 0.6) is 11.5 Å². The Hall–Kier alpha value is -5.36. The molecule has 4 rings (SSSR count). The Kier molecular flexibility index (Phi) is 9.24. The molecule has 0 aliphatic heterocycles. The second-order valence-corrected chi connectivity index (χ2v) is 8.69. The van der Waals surface area contributed by atoms with Gasteiger partial charge in [-0.3, -0.25) is 0 Å². The highest BCUT2D eigenvalue weighted by molar-refractivity contribution is 5.48. The molecule has 4 aromatic carbocycles. The van der Waals surface area contributed by atoms with E-state index in [1.54, 1.807) is 0 Å². The largest absolute Gasteiger partial charge is 0.489 e. The van der Waals surface area contributed by atoms with E-state index in [0.717, 1.165) is 24.3 Å². The van der Waals surface area contributed by atoms with Gasteiger partial charge in [0.15, 0.2) is 17.5 Å². The smallest absolute Gasteiger partial charge is 0.432 e. The van der Waals surface area contributed by atoms with E-state index in [4.69, 9.17) is 4.74 Å². The Morgan fingerprint density at radius 1 is 0.614 bits per heavy atom. The van der Waals surface area contributed by atoms with Gasteiger partial charge in [-0.1, -0.05) is 36.3 Å². The van der Waals surface area contributed by atoms with Gasteiger partial charge in [0.2, 0.25) is 0 Å². The zero-order valence-corrected chi connectivity index (χ0v) is 21.8. The summed E-state index contributed by atoms with van der Waals surface area (Å²) in [5.41, 5.74) is -4.00. The van der Waals surface area contributed by atoms with E-state index in [1.807, 2.05) is 5.92 Å². The van der Waals surface area contributed by atoms with Gasteiger partial charge in [-0.05, 0) is 36.4 Å². The fourth-order valence-corrected chi connectivity index (χ4v) is 3.59. The average molecular weight is 620 g/mol. The predicted molar refractivity (Wildman–Crippen MR) is 138 cm³/mol. The van der Waals surface area contributed by atoms with Gasteiger partial charge in [0.05, 0.1) is 11.1 Å². The molecule has 0 heterocycles. The van der Waals surface area contributed by atoms with Crippen LogP contribution < -0.4 is 9.47 Å². The molecular weight excluding hydrogens is 606 g/mol. The summed E-state index contributed by atoms with van der Waals surface area (Å²) >= 11 is 0. The summed E-state index contributed by atoms with van der Waals surface area (Å²) in [6.45, 7) is 3.35. The third kappa shape index (κ3) is 7.16. The minimum Gasteiger partial charge on any atom is -0.489 e. The average Bonchev–Trinajstić information content (AvgIpc) is 2.93. The monoisotopic (exact) mass is 620 g/mol. The fourth-order valence-electron chi connectivity index (χ4n) is 3.59. The number of benzene rings is 4. The number of rotatable bonds is 6. The molecule has 0 unspecified atom stereocenters.